The maximum atomic E-state index is 12.4. The van der Waals surface area contributed by atoms with Gasteiger partial charge in [-0.1, -0.05) is 6.07 Å². The first-order chi connectivity index (χ1) is 11.7. The molecule has 1 N–H and O–H groups in total. The summed E-state index contributed by atoms with van der Waals surface area (Å²) < 4.78 is 16.0. The zero-order valence-corrected chi connectivity index (χ0v) is 15.0. The van der Waals surface area contributed by atoms with E-state index in [1.807, 2.05) is 25.1 Å². The average Bonchev–Trinajstić information content (AvgIpc) is 2.62. The molecule has 0 bridgehead atoms. The molecule has 0 aromatic heterocycles. The molecule has 0 amide bonds. The number of nitrogens with one attached hydrogen (secondary N) is 1. The van der Waals surface area contributed by atoms with Crippen molar-refractivity contribution in [3.05, 3.63) is 23.8 Å². The molecule has 2 rings (SSSR count). The predicted molar refractivity (Wildman–Crippen MR) is 93.6 cm³/mol. The summed E-state index contributed by atoms with van der Waals surface area (Å²) >= 11 is 0. The number of carbonyl (C=O) groups excluding carboxylic acids is 1. The molecular formula is C19H29NO4. The Bertz CT molecular complexity index is 526. The van der Waals surface area contributed by atoms with Gasteiger partial charge in [-0.3, -0.25) is 4.79 Å². The Balaban J connectivity index is 2.10. The van der Waals surface area contributed by atoms with Gasteiger partial charge in [0, 0.05) is 0 Å². The third-order valence-corrected chi connectivity index (χ3v) is 4.63. The van der Waals surface area contributed by atoms with Crippen molar-refractivity contribution in [1.82, 2.24) is 5.32 Å². The van der Waals surface area contributed by atoms with E-state index in [2.05, 4.69) is 5.32 Å². The van der Waals surface area contributed by atoms with Crippen molar-refractivity contribution >= 4 is 5.97 Å². The van der Waals surface area contributed by atoms with E-state index in [1.54, 1.807) is 14.2 Å². The van der Waals surface area contributed by atoms with E-state index in [0.717, 1.165) is 37.9 Å². The molecule has 1 aliphatic rings. The molecule has 1 saturated heterocycles. The molecule has 1 aliphatic heterocycles. The second-order valence-corrected chi connectivity index (χ2v) is 6.27. The molecule has 1 atom stereocenters. The van der Waals surface area contributed by atoms with Gasteiger partial charge in [-0.25, -0.2) is 0 Å². The van der Waals surface area contributed by atoms with Crippen molar-refractivity contribution in [2.24, 2.45) is 11.8 Å². The summed E-state index contributed by atoms with van der Waals surface area (Å²) in [5, 5.41) is 3.37. The van der Waals surface area contributed by atoms with Crippen molar-refractivity contribution in [2.75, 3.05) is 33.9 Å². The van der Waals surface area contributed by atoms with Gasteiger partial charge in [-0.05, 0) is 69.3 Å². The van der Waals surface area contributed by atoms with Gasteiger partial charge in [-0.15, -0.1) is 0 Å². The van der Waals surface area contributed by atoms with E-state index in [0.29, 0.717) is 30.4 Å². The monoisotopic (exact) mass is 335 g/mol. The average molecular weight is 335 g/mol. The van der Waals surface area contributed by atoms with Crippen molar-refractivity contribution in [2.45, 2.75) is 32.6 Å². The van der Waals surface area contributed by atoms with Crippen LogP contribution in [0, 0.1) is 11.8 Å². The van der Waals surface area contributed by atoms with Gasteiger partial charge in [0.15, 0.2) is 11.5 Å². The van der Waals surface area contributed by atoms with Gasteiger partial charge in [0.05, 0.1) is 26.7 Å². The topological polar surface area (TPSA) is 56.8 Å². The predicted octanol–water partition coefficient (Wildman–Crippen LogP) is 2.82. The maximum Gasteiger partial charge on any atom is 0.309 e. The summed E-state index contributed by atoms with van der Waals surface area (Å²) in [6, 6.07) is 5.84. The number of ether oxygens (including phenoxy) is 3. The highest BCUT2D eigenvalue weighted by Gasteiger charge is 2.26. The summed E-state index contributed by atoms with van der Waals surface area (Å²) in [7, 11) is 3.25. The molecule has 5 nitrogen and oxygen atoms in total. The van der Waals surface area contributed by atoms with Gasteiger partial charge >= 0.3 is 5.97 Å². The molecule has 1 fully saturated rings. The van der Waals surface area contributed by atoms with Crippen LogP contribution in [0.4, 0.5) is 0 Å². The highest BCUT2D eigenvalue weighted by atomic mass is 16.5. The van der Waals surface area contributed by atoms with Crippen LogP contribution in [0.3, 0.4) is 0 Å². The summed E-state index contributed by atoms with van der Waals surface area (Å²) in [6.45, 7) is 4.36. The number of benzene rings is 1. The largest absolute Gasteiger partial charge is 0.493 e. The minimum absolute atomic E-state index is 0.0918. The Morgan fingerprint density at radius 1 is 1.21 bits per heavy atom. The molecule has 1 aromatic rings. The fourth-order valence-corrected chi connectivity index (χ4v) is 3.33. The van der Waals surface area contributed by atoms with Crippen molar-refractivity contribution in [1.29, 1.82) is 0 Å². The minimum Gasteiger partial charge on any atom is -0.493 e. The highest BCUT2D eigenvalue weighted by Crippen LogP contribution is 2.30. The number of carbonyl (C=O) groups is 1. The Labute approximate surface area is 144 Å². The number of esters is 1. The smallest absolute Gasteiger partial charge is 0.309 e. The van der Waals surface area contributed by atoms with Crippen LogP contribution < -0.4 is 14.8 Å². The van der Waals surface area contributed by atoms with Crippen LogP contribution in [0.15, 0.2) is 18.2 Å². The second kappa shape index (κ2) is 9.52. The number of hydrogen-bond donors (Lipinski definition) is 1. The van der Waals surface area contributed by atoms with E-state index in [1.165, 1.54) is 0 Å². The number of methoxy groups -OCH3 is 2. The quantitative estimate of drug-likeness (QED) is 0.740. The lowest BCUT2D eigenvalue weighted by atomic mass is 9.84. The lowest BCUT2D eigenvalue weighted by Crippen LogP contribution is -2.31. The summed E-state index contributed by atoms with van der Waals surface area (Å²) in [5.74, 6) is 1.78. The van der Waals surface area contributed by atoms with E-state index < -0.39 is 0 Å². The lowest BCUT2D eigenvalue weighted by molar-refractivity contribution is -0.148. The molecular weight excluding hydrogens is 306 g/mol. The summed E-state index contributed by atoms with van der Waals surface area (Å²) in [4.78, 5) is 12.4. The normalized spacial score (nSPS) is 16.5. The van der Waals surface area contributed by atoms with Crippen LogP contribution >= 0.6 is 0 Å². The summed E-state index contributed by atoms with van der Waals surface area (Å²) in [6.07, 6.45) is 3.81. The van der Waals surface area contributed by atoms with Crippen LogP contribution in [-0.2, 0) is 16.0 Å². The summed E-state index contributed by atoms with van der Waals surface area (Å²) in [5.41, 5.74) is 1.07. The number of hydrogen-bond acceptors (Lipinski definition) is 5. The third kappa shape index (κ3) is 5.13. The van der Waals surface area contributed by atoms with E-state index in [-0.39, 0.29) is 11.9 Å². The molecule has 1 aromatic carbocycles. The highest BCUT2D eigenvalue weighted by molar-refractivity contribution is 5.73. The van der Waals surface area contributed by atoms with Crippen LogP contribution in [0.2, 0.25) is 0 Å². The molecule has 0 saturated carbocycles. The standard InChI is InChI=1S/C19H29NO4/c1-4-24-19(21)16(11-14-7-9-20-10-8-14)12-15-5-6-17(22-2)18(13-15)23-3/h5-6,13-14,16,20H,4,7-12H2,1-3H3/t16-/m0/s1. The molecule has 0 aliphatic carbocycles. The van der Waals surface area contributed by atoms with E-state index >= 15 is 0 Å². The van der Waals surface area contributed by atoms with Gasteiger partial charge in [0.2, 0.25) is 0 Å². The second-order valence-electron chi connectivity index (χ2n) is 6.27. The van der Waals surface area contributed by atoms with Crippen LogP contribution in [0.5, 0.6) is 11.5 Å². The van der Waals surface area contributed by atoms with Gasteiger partial charge in [0.25, 0.3) is 0 Å². The molecule has 0 unspecified atom stereocenters. The Hall–Kier alpha value is -1.75. The van der Waals surface area contributed by atoms with Crippen LogP contribution in [-0.4, -0.2) is 39.9 Å². The van der Waals surface area contributed by atoms with Gasteiger partial charge in [-0.2, -0.15) is 0 Å². The molecule has 24 heavy (non-hydrogen) atoms. The third-order valence-electron chi connectivity index (χ3n) is 4.63. The Morgan fingerprint density at radius 3 is 2.54 bits per heavy atom. The zero-order valence-electron chi connectivity index (χ0n) is 15.0. The zero-order chi connectivity index (χ0) is 17.4. The van der Waals surface area contributed by atoms with E-state index in [9.17, 15) is 4.79 Å². The SMILES string of the molecule is CCOC(=O)[C@H](Cc1ccc(OC)c(OC)c1)CC1CCNCC1. The van der Waals surface area contributed by atoms with Crippen molar-refractivity contribution in [3.63, 3.8) is 0 Å². The van der Waals surface area contributed by atoms with Gasteiger partial charge < -0.3 is 19.5 Å². The Morgan fingerprint density at radius 2 is 1.92 bits per heavy atom. The molecule has 5 heteroatoms. The van der Waals surface area contributed by atoms with Crippen LogP contribution in [0.1, 0.15) is 31.7 Å². The number of rotatable bonds is 8. The maximum absolute atomic E-state index is 12.4. The lowest BCUT2D eigenvalue weighted by Gasteiger charge is -2.26. The molecule has 134 valence electrons. The molecule has 1 heterocycles. The van der Waals surface area contributed by atoms with Gasteiger partial charge in [0.1, 0.15) is 0 Å². The molecule has 0 spiro atoms. The fourth-order valence-electron chi connectivity index (χ4n) is 3.33. The first-order valence-corrected chi connectivity index (χ1v) is 8.76. The number of piperidine rings is 1. The first-order valence-electron chi connectivity index (χ1n) is 8.76. The fraction of sp³-hybridized carbons (Fsp3) is 0.632. The Kier molecular flexibility index (Phi) is 7.37. The van der Waals surface area contributed by atoms with Crippen LogP contribution in [0.25, 0.3) is 0 Å². The van der Waals surface area contributed by atoms with E-state index in [4.69, 9.17) is 14.2 Å². The first kappa shape index (κ1) is 18.6. The van der Waals surface area contributed by atoms with Crippen molar-refractivity contribution < 1.29 is 19.0 Å². The molecule has 0 radical (unpaired) electrons. The van der Waals surface area contributed by atoms with Crippen molar-refractivity contribution in [3.8, 4) is 11.5 Å². The minimum atomic E-state index is -0.105.